The first-order valence-electron chi connectivity index (χ1n) is 7.37. The predicted molar refractivity (Wildman–Crippen MR) is 84.1 cm³/mol. The number of nitrogens with one attached hydrogen (secondary N) is 1. The Labute approximate surface area is 131 Å². The predicted octanol–water partition coefficient (Wildman–Crippen LogP) is 3.37. The van der Waals surface area contributed by atoms with Crippen molar-refractivity contribution in [3.8, 4) is 0 Å². The van der Waals surface area contributed by atoms with E-state index in [9.17, 15) is 9.90 Å². The highest BCUT2D eigenvalue weighted by Crippen LogP contribution is 2.43. The third-order valence-electron chi connectivity index (χ3n) is 5.08. The number of hydrogen-bond acceptors (Lipinski definition) is 2. The molecule has 1 aromatic heterocycles. The van der Waals surface area contributed by atoms with E-state index < -0.39 is 5.97 Å². The van der Waals surface area contributed by atoms with Gasteiger partial charge in [0.05, 0.1) is 5.92 Å². The Bertz CT molecular complexity index is 711. The molecule has 5 heteroatoms. The van der Waals surface area contributed by atoms with Crippen molar-refractivity contribution in [2.75, 3.05) is 0 Å². The molecule has 3 heterocycles. The number of rotatable bonds is 3. The molecule has 0 saturated carbocycles. The van der Waals surface area contributed by atoms with E-state index in [1.165, 1.54) is 10.9 Å². The molecule has 21 heavy (non-hydrogen) atoms. The molecular weight excluding hydrogens is 332 g/mol. The van der Waals surface area contributed by atoms with Crippen LogP contribution >= 0.6 is 15.9 Å². The van der Waals surface area contributed by atoms with Crippen molar-refractivity contribution in [3.63, 3.8) is 0 Å². The van der Waals surface area contributed by atoms with Gasteiger partial charge in [-0.05, 0) is 43.0 Å². The first-order chi connectivity index (χ1) is 10.1. The van der Waals surface area contributed by atoms with Crippen LogP contribution in [0.15, 0.2) is 28.9 Å². The molecule has 0 spiro atoms. The summed E-state index contributed by atoms with van der Waals surface area (Å²) in [4.78, 5) is 17.1. The first-order valence-corrected chi connectivity index (χ1v) is 8.17. The van der Waals surface area contributed by atoms with E-state index in [-0.39, 0.29) is 12.0 Å². The van der Waals surface area contributed by atoms with Gasteiger partial charge < -0.3 is 10.1 Å². The van der Waals surface area contributed by atoms with Gasteiger partial charge in [0.25, 0.3) is 0 Å². The van der Waals surface area contributed by atoms with Crippen molar-refractivity contribution >= 4 is 32.8 Å². The fourth-order valence-corrected chi connectivity index (χ4v) is 4.45. The average molecular weight is 349 g/mol. The maximum atomic E-state index is 11.4. The number of halogens is 1. The van der Waals surface area contributed by atoms with Crippen molar-refractivity contribution in [1.29, 1.82) is 0 Å². The summed E-state index contributed by atoms with van der Waals surface area (Å²) in [6.07, 6.45) is 5.03. The third-order valence-corrected chi connectivity index (χ3v) is 5.57. The number of aromatic amines is 1. The van der Waals surface area contributed by atoms with Crippen molar-refractivity contribution in [3.05, 3.63) is 34.4 Å². The molecule has 4 rings (SSSR count). The van der Waals surface area contributed by atoms with Gasteiger partial charge in [-0.3, -0.25) is 9.69 Å². The van der Waals surface area contributed by atoms with E-state index in [0.717, 1.165) is 35.8 Å². The van der Waals surface area contributed by atoms with Crippen LogP contribution in [0, 0.1) is 5.92 Å². The van der Waals surface area contributed by atoms with Gasteiger partial charge in [-0.2, -0.15) is 0 Å². The summed E-state index contributed by atoms with van der Waals surface area (Å²) in [5, 5.41) is 10.6. The van der Waals surface area contributed by atoms with Crippen LogP contribution in [-0.2, 0) is 11.3 Å². The van der Waals surface area contributed by atoms with E-state index in [2.05, 4.69) is 44.1 Å². The molecule has 0 amide bonds. The van der Waals surface area contributed by atoms with Crippen molar-refractivity contribution in [2.45, 2.75) is 37.9 Å². The Morgan fingerprint density at radius 3 is 3.05 bits per heavy atom. The Hall–Kier alpha value is -1.33. The molecule has 2 fully saturated rings. The molecule has 2 saturated heterocycles. The molecule has 3 unspecified atom stereocenters. The SMILES string of the molecule is O=C(O)C1CC2CCC1N2Cc1c[nH]c2ccc(Br)cc12. The van der Waals surface area contributed by atoms with Crippen LogP contribution in [0.4, 0.5) is 0 Å². The Morgan fingerprint density at radius 2 is 2.29 bits per heavy atom. The zero-order chi connectivity index (χ0) is 14.6. The topological polar surface area (TPSA) is 56.3 Å². The number of carboxylic acids is 1. The number of nitrogens with zero attached hydrogens (tertiary/aromatic N) is 1. The van der Waals surface area contributed by atoms with Crippen LogP contribution in [0.1, 0.15) is 24.8 Å². The van der Waals surface area contributed by atoms with E-state index >= 15 is 0 Å². The summed E-state index contributed by atoms with van der Waals surface area (Å²) in [7, 11) is 0. The van der Waals surface area contributed by atoms with Crippen LogP contribution in [0.5, 0.6) is 0 Å². The van der Waals surface area contributed by atoms with Gasteiger partial charge in [-0.1, -0.05) is 15.9 Å². The second kappa shape index (κ2) is 4.85. The average Bonchev–Trinajstić information content (AvgIpc) is 3.13. The zero-order valence-electron chi connectivity index (χ0n) is 11.6. The molecule has 2 aromatic rings. The lowest BCUT2D eigenvalue weighted by Crippen LogP contribution is -2.32. The number of aliphatic carboxylic acids is 1. The second-order valence-corrected chi connectivity index (χ2v) is 7.07. The van der Waals surface area contributed by atoms with Crippen molar-refractivity contribution < 1.29 is 9.90 Å². The molecule has 0 aliphatic carbocycles. The lowest BCUT2D eigenvalue weighted by Gasteiger charge is -2.22. The standard InChI is InChI=1S/C16H17BrN2O2/c17-10-1-3-14-12(5-10)9(7-18-14)8-19-11-2-4-15(19)13(6-11)16(20)21/h1,3,5,7,11,13,15,18H,2,4,6,8H2,(H,20,21). The smallest absolute Gasteiger partial charge is 0.308 e. The number of hydrogen-bond donors (Lipinski definition) is 2. The molecule has 0 radical (unpaired) electrons. The molecule has 2 bridgehead atoms. The summed E-state index contributed by atoms with van der Waals surface area (Å²) in [5.74, 6) is -0.811. The van der Waals surface area contributed by atoms with Gasteiger partial charge in [0, 0.05) is 40.2 Å². The minimum Gasteiger partial charge on any atom is -0.481 e. The highest BCUT2D eigenvalue weighted by molar-refractivity contribution is 9.10. The molecule has 110 valence electrons. The van der Waals surface area contributed by atoms with Crippen LogP contribution in [-0.4, -0.2) is 33.0 Å². The van der Waals surface area contributed by atoms with Gasteiger partial charge in [0.15, 0.2) is 0 Å². The van der Waals surface area contributed by atoms with Crippen molar-refractivity contribution in [2.24, 2.45) is 5.92 Å². The molecule has 4 nitrogen and oxygen atoms in total. The summed E-state index contributed by atoms with van der Waals surface area (Å²) < 4.78 is 1.07. The van der Waals surface area contributed by atoms with E-state index in [1.807, 2.05) is 6.07 Å². The Kier molecular flexibility index (Phi) is 3.08. The van der Waals surface area contributed by atoms with Gasteiger partial charge >= 0.3 is 5.97 Å². The minimum atomic E-state index is -0.631. The summed E-state index contributed by atoms with van der Waals surface area (Å²) >= 11 is 3.52. The largest absolute Gasteiger partial charge is 0.481 e. The first kappa shape index (κ1) is 13.3. The lowest BCUT2D eigenvalue weighted by atomic mass is 9.89. The van der Waals surface area contributed by atoms with E-state index in [0.29, 0.717) is 6.04 Å². The third kappa shape index (κ3) is 2.10. The fourth-order valence-electron chi connectivity index (χ4n) is 4.09. The quantitative estimate of drug-likeness (QED) is 0.893. The molecular formula is C16H17BrN2O2. The number of H-pyrrole nitrogens is 1. The van der Waals surface area contributed by atoms with Gasteiger partial charge in [-0.25, -0.2) is 0 Å². The highest BCUT2D eigenvalue weighted by atomic mass is 79.9. The number of benzene rings is 1. The molecule has 2 aliphatic heterocycles. The van der Waals surface area contributed by atoms with Crippen LogP contribution in [0.3, 0.4) is 0 Å². The van der Waals surface area contributed by atoms with Gasteiger partial charge in [0.1, 0.15) is 0 Å². The lowest BCUT2D eigenvalue weighted by molar-refractivity contribution is -0.142. The summed E-state index contributed by atoms with van der Waals surface area (Å²) in [6.45, 7) is 0.843. The van der Waals surface area contributed by atoms with Crippen LogP contribution in [0.2, 0.25) is 0 Å². The van der Waals surface area contributed by atoms with Crippen LogP contribution in [0.25, 0.3) is 10.9 Å². The number of carbonyl (C=O) groups is 1. The number of fused-ring (bicyclic) bond motifs is 3. The monoisotopic (exact) mass is 348 g/mol. The van der Waals surface area contributed by atoms with Gasteiger partial charge in [-0.15, -0.1) is 0 Å². The molecule has 2 N–H and O–H groups in total. The zero-order valence-corrected chi connectivity index (χ0v) is 13.1. The minimum absolute atomic E-state index is 0.180. The molecule has 1 aromatic carbocycles. The number of carboxylic acid groups (broad SMARTS) is 1. The Morgan fingerprint density at radius 1 is 1.43 bits per heavy atom. The highest BCUT2D eigenvalue weighted by Gasteiger charge is 2.49. The van der Waals surface area contributed by atoms with Crippen molar-refractivity contribution in [1.82, 2.24) is 9.88 Å². The van der Waals surface area contributed by atoms with E-state index in [1.54, 1.807) is 0 Å². The second-order valence-electron chi connectivity index (χ2n) is 6.16. The van der Waals surface area contributed by atoms with Crippen LogP contribution < -0.4 is 0 Å². The normalized spacial score (nSPS) is 28.5. The summed E-state index contributed by atoms with van der Waals surface area (Å²) in [6, 6.07) is 6.88. The molecule has 2 aliphatic rings. The Balaban J connectivity index is 1.64. The number of aromatic nitrogens is 1. The van der Waals surface area contributed by atoms with E-state index in [4.69, 9.17) is 0 Å². The maximum Gasteiger partial charge on any atom is 0.308 e. The summed E-state index contributed by atoms with van der Waals surface area (Å²) in [5.41, 5.74) is 2.39. The fraction of sp³-hybridized carbons (Fsp3) is 0.438. The van der Waals surface area contributed by atoms with Gasteiger partial charge in [0.2, 0.25) is 0 Å². The molecule has 3 atom stereocenters. The maximum absolute atomic E-state index is 11.4.